The Labute approximate surface area is 168 Å². The van der Waals surface area contributed by atoms with Gasteiger partial charge in [-0.05, 0) is 35.7 Å². The summed E-state index contributed by atoms with van der Waals surface area (Å²) in [4.78, 5) is 27.1. The molecule has 2 aromatic carbocycles. The van der Waals surface area contributed by atoms with E-state index in [2.05, 4.69) is 10.2 Å². The Balaban J connectivity index is 1.55. The number of nitrogens with one attached hydrogen (secondary N) is 1. The summed E-state index contributed by atoms with van der Waals surface area (Å²) in [5, 5.41) is 3.93. The quantitative estimate of drug-likeness (QED) is 0.675. The molecule has 7 nitrogen and oxygen atoms in total. The van der Waals surface area contributed by atoms with Crippen LogP contribution in [0.2, 0.25) is 0 Å². The molecule has 4 rings (SSSR count). The molecule has 0 unspecified atom stereocenters. The van der Waals surface area contributed by atoms with Crippen molar-refractivity contribution in [1.29, 1.82) is 0 Å². The van der Waals surface area contributed by atoms with Crippen LogP contribution in [-0.4, -0.2) is 49.9 Å². The molecule has 1 aliphatic rings. The Bertz CT molecular complexity index is 1040. The van der Waals surface area contributed by atoms with Crippen molar-refractivity contribution >= 4 is 34.2 Å². The number of carbonyl (C=O) groups is 2. The van der Waals surface area contributed by atoms with E-state index in [-0.39, 0.29) is 12.5 Å². The minimum absolute atomic E-state index is 0.152. The molecule has 0 saturated carbocycles. The van der Waals surface area contributed by atoms with Gasteiger partial charge in [0.15, 0.2) is 0 Å². The second-order valence-corrected chi connectivity index (χ2v) is 6.87. The monoisotopic (exact) mass is 393 g/mol. The van der Waals surface area contributed by atoms with Gasteiger partial charge in [-0.3, -0.25) is 4.79 Å². The molecule has 3 aromatic rings. The third-order valence-electron chi connectivity index (χ3n) is 5.05. The third-order valence-corrected chi connectivity index (χ3v) is 5.05. The van der Waals surface area contributed by atoms with E-state index < -0.39 is 5.97 Å². The summed E-state index contributed by atoms with van der Waals surface area (Å²) < 4.78 is 12.2. The fraction of sp³-hybridized carbons (Fsp3) is 0.273. The number of methoxy groups -OCH3 is 1. The van der Waals surface area contributed by atoms with E-state index in [9.17, 15) is 9.59 Å². The van der Waals surface area contributed by atoms with Gasteiger partial charge in [0.1, 0.15) is 6.54 Å². The van der Waals surface area contributed by atoms with Crippen molar-refractivity contribution in [1.82, 2.24) is 4.57 Å². The van der Waals surface area contributed by atoms with Gasteiger partial charge in [0, 0.05) is 30.5 Å². The lowest BCUT2D eigenvalue weighted by Crippen LogP contribution is -2.36. The molecular formula is C22H23N3O4. The first kappa shape index (κ1) is 19.0. The van der Waals surface area contributed by atoms with Crippen molar-refractivity contribution in [2.75, 3.05) is 43.6 Å². The molecule has 150 valence electrons. The summed E-state index contributed by atoms with van der Waals surface area (Å²) in [6.45, 7) is 2.97. The van der Waals surface area contributed by atoms with Gasteiger partial charge >= 0.3 is 5.97 Å². The fourth-order valence-corrected chi connectivity index (χ4v) is 3.56. The zero-order valence-corrected chi connectivity index (χ0v) is 16.3. The highest BCUT2D eigenvalue weighted by Crippen LogP contribution is 2.25. The first-order valence-electron chi connectivity index (χ1n) is 9.54. The molecule has 0 atom stereocenters. The molecule has 2 heterocycles. The van der Waals surface area contributed by atoms with Crippen LogP contribution in [0.5, 0.6) is 0 Å². The number of hydrogen-bond acceptors (Lipinski definition) is 5. The second-order valence-electron chi connectivity index (χ2n) is 6.87. The number of carbonyl (C=O) groups excluding carboxylic acids is 2. The van der Waals surface area contributed by atoms with Crippen molar-refractivity contribution in [3.05, 3.63) is 60.3 Å². The topological polar surface area (TPSA) is 72.8 Å². The number of ether oxygens (including phenoxy) is 2. The smallest absolute Gasteiger partial charge is 0.340 e. The highest BCUT2D eigenvalue weighted by atomic mass is 16.5. The van der Waals surface area contributed by atoms with E-state index in [1.54, 1.807) is 12.1 Å². The van der Waals surface area contributed by atoms with Crippen molar-refractivity contribution in [3.63, 3.8) is 0 Å². The van der Waals surface area contributed by atoms with Crippen LogP contribution in [0.3, 0.4) is 0 Å². The maximum absolute atomic E-state index is 12.7. The Morgan fingerprint density at radius 1 is 1.10 bits per heavy atom. The molecule has 7 heteroatoms. The standard InChI is InChI=1S/C22H23N3O4/c1-28-22(27)18-14-17(24-10-12-29-13-11-24)6-7-19(18)23-21(26)15-25-9-8-16-4-2-3-5-20(16)25/h2-9,14H,10-13,15H2,1H3,(H,23,26). The summed E-state index contributed by atoms with van der Waals surface area (Å²) in [7, 11) is 1.33. The maximum atomic E-state index is 12.7. The third kappa shape index (κ3) is 4.09. The molecule has 1 amide bonds. The molecule has 1 aromatic heterocycles. The highest BCUT2D eigenvalue weighted by molar-refractivity contribution is 6.02. The molecular weight excluding hydrogens is 370 g/mol. The van der Waals surface area contributed by atoms with E-state index in [0.29, 0.717) is 24.5 Å². The molecule has 0 radical (unpaired) electrons. The number of aromatic nitrogens is 1. The van der Waals surface area contributed by atoms with Gasteiger partial charge in [-0.25, -0.2) is 4.79 Å². The summed E-state index contributed by atoms with van der Waals surface area (Å²) >= 11 is 0. The average Bonchev–Trinajstić information content (AvgIpc) is 3.17. The minimum atomic E-state index is -0.484. The molecule has 1 fully saturated rings. The lowest BCUT2D eigenvalue weighted by Gasteiger charge is -2.29. The van der Waals surface area contributed by atoms with Crippen LogP contribution in [0.4, 0.5) is 11.4 Å². The summed E-state index contributed by atoms with van der Waals surface area (Å²) in [5.41, 5.74) is 2.67. The summed E-state index contributed by atoms with van der Waals surface area (Å²) in [6, 6.07) is 15.3. The van der Waals surface area contributed by atoms with Crippen molar-refractivity contribution in [2.24, 2.45) is 0 Å². The zero-order valence-electron chi connectivity index (χ0n) is 16.3. The molecule has 0 bridgehead atoms. The van der Waals surface area contributed by atoms with Gasteiger partial charge in [0.25, 0.3) is 0 Å². The molecule has 1 saturated heterocycles. The number of benzene rings is 2. The molecule has 0 aliphatic carbocycles. The summed E-state index contributed by atoms with van der Waals surface area (Å²) in [5.74, 6) is -0.697. The van der Waals surface area contributed by atoms with Crippen LogP contribution in [0.15, 0.2) is 54.7 Å². The van der Waals surface area contributed by atoms with Gasteiger partial charge in [0.2, 0.25) is 5.91 Å². The summed E-state index contributed by atoms with van der Waals surface area (Å²) in [6.07, 6.45) is 1.88. The molecule has 1 N–H and O–H groups in total. The SMILES string of the molecule is COC(=O)c1cc(N2CCOCC2)ccc1NC(=O)Cn1ccc2ccccc21. The Morgan fingerprint density at radius 3 is 2.69 bits per heavy atom. The van der Waals surface area contributed by atoms with Crippen LogP contribution in [0.1, 0.15) is 10.4 Å². The van der Waals surface area contributed by atoms with E-state index in [1.165, 1.54) is 7.11 Å². The minimum Gasteiger partial charge on any atom is -0.465 e. The van der Waals surface area contributed by atoms with Crippen molar-refractivity contribution in [3.8, 4) is 0 Å². The van der Waals surface area contributed by atoms with Crippen LogP contribution < -0.4 is 10.2 Å². The van der Waals surface area contributed by atoms with Crippen LogP contribution in [0, 0.1) is 0 Å². The van der Waals surface area contributed by atoms with E-state index in [4.69, 9.17) is 9.47 Å². The largest absolute Gasteiger partial charge is 0.465 e. The van der Waals surface area contributed by atoms with Crippen LogP contribution in [-0.2, 0) is 20.8 Å². The molecule has 1 aliphatic heterocycles. The number of amides is 1. The number of esters is 1. The number of fused-ring (bicyclic) bond motifs is 1. The fourth-order valence-electron chi connectivity index (χ4n) is 3.56. The predicted octanol–water partition coefficient (Wildman–Crippen LogP) is 2.90. The van der Waals surface area contributed by atoms with Gasteiger partial charge in [0.05, 0.1) is 31.6 Å². The number of nitrogens with zero attached hydrogens (tertiary/aromatic N) is 2. The zero-order chi connectivity index (χ0) is 20.2. The Hall–Kier alpha value is -3.32. The normalized spacial score (nSPS) is 14.0. The van der Waals surface area contributed by atoms with Gasteiger partial charge in [-0.2, -0.15) is 0 Å². The first-order valence-corrected chi connectivity index (χ1v) is 9.54. The predicted molar refractivity (Wildman–Crippen MR) is 111 cm³/mol. The van der Waals surface area contributed by atoms with Crippen molar-refractivity contribution < 1.29 is 19.1 Å². The number of hydrogen-bond donors (Lipinski definition) is 1. The average molecular weight is 393 g/mol. The molecule has 0 spiro atoms. The molecule has 29 heavy (non-hydrogen) atoms. The Morgan fingerprint density at radius 2 is 1.90 bits per heavy atom. The highest BCUT2D eigenvalue weighted by Gasteiger charge is 2.19. The Kier molecular flexibility index (Phi) is 5.48. The number of rotatable bonds is 5. The van der Waals surface area contributed by atoms with E-state index in [0.717, 1.165) is 29.7 Å². The maximum Gasteiger partial charge on any atom is 0.340 e. The lowest BCUT2D eigenvalue weighted by atomic mass is 10.1. The van der Waals surface area contributed by atoms with Crippen LogP contribution >= 0.6 is 0 Å². The number of anilines is 2. The van der Waals surface area contributed by atoms with E-state index in [1.807, 2.05) is 47.2 Å². The van der Waals surface area contributed by atoms with E-state index >= 15 is 0 Å². The van der Waals surface area contributed by atoms with Crippen molar-refractivity contribution in [2.45, 2.75) is 6.54 Å². The first-order chi connectivity index (χ1) is 14.2. The number of morpholine rings is 1. The van der Waals surface area contributed by atoms with Gasteiger partial charge in [-0.1, -0.05) is 18.2 Å². The van der Waals surface area contributed by atoms with Gasteiger partial charge < -0.3 is 24.3 Å². The number of para-hydroxylation sites is 1. The van der Waals surface area contributed by atoms with Gasteiger partial charge in [-0.15, -0.1) is 0 Å². The second kappa shape index (κ2) is 8.36. The van der Waals surface area contributed by atoms with Crippen LogP contribution in [0.25, 0.3) is 10.9 Å². The lowest BCUT2D eigenvalue weighted by molar-refractivity contribution is -0.116.